The number of amides is 2. The first-order chi connectivity index (χ1) is 7.84. The van der Waals surface area contributed by atoms with Gasteiger partial charge in [0.1, 0.15) is 0 Å². The Hall–Kier alpha value is -0.900. The molecule has 2 aliphatic heterocycles. The molecule has 0 spiro atoms. The largest absolute Gasteiger partial charge is 0.317 e. The highest BCUT2D eigenvalue weighted by molar-refractivity contribution is 5.99. The minimum atomic E-state index is -0.268. The lowest BCUT2D eigenvalue weighted by Crippen LogP contribution is -2.60. The summed E-state index contributed by atoms with van der Waals surface area (Å²) < 4.78 is 0. The molecule has 2 amide bonds. The maximum Gasteiger partial charge on any atom is 0.230 e. The molecular formula is C13H22N2O2. The van der Waals surface area contributed by atoms with Gasteiger partial charge in [-0.1, -0.05) is 13.8 Å². The van der Waals surface area contributed by atoms with Crippen LogP contribution in [0.2, 0.25) is 0 Å². The smallest absolute Gasteiger partial charge is 0.230 e. The third-order valence-corrected chi connectivity index (χ3v) is 3.98. The number of hydrogen-bond acceptors (Lipinski definition) is 3. The summed E-state index contributed by atoms with van der Waals surface area (Å²) in [6.45, 7) is 7.80. The molecule has 2 fully saturated rings. The van der Waals surface area contributed by atoms with E-state index in [4.69, 9.17) is 0 Å². The van der Waals surface area contributed by atoms with Crippen molar-refractivity contribution >= 4 is 11.8 Å². The Kier molecular flexibility index (Phi) is 3.02. The van der Waals surface area contributed by atoms with E-state index < -0.39 is 0 Å². The summed E-state index contributed by atoms with van der Waals surface area (Å²) in [7, 11) is 0. The van der Waals surface area contributed by atoms with Crippen molar-refractivity contribution in [1.29, 1.82) is 0 Å². The molecule has 1 N–H and O–H groups in total. The third kappa shape index (κ3) is 2.37. The van der Waals surface area contributed by atoms with Crippen LogP contribution in [0.15, 0.2) is 0 Å². The molecule has 2 heterocycles. The van der Waals surface area contributed by atoms with Crippen molar-refractivity contribution in [2.45, 2.75) is 52.0 Å². The van der Waals surface area contributed by atoms with Gasteiger partial charge in [0.2, 0.25) is 11.8 Å². The molecule has 0 aromatic carbocycles. The highest BCUT2D eigenvalue weighted by atomic mass is 16.2. The molecule has 2 saturated heterocycles. The van der Waals surface area contributed by atoms with E-state index in [1.807, 2.05) is 20.8 Å². The van der Waals surface area contributed by atoms with Crippen LogP contribution in [0.4, 0.5) is 0 Å². The SMILES string of the molecule is CC1(C)CC(=O)N(C2(C)CCNCC2)C(=O)C1. The summed E-state index contributed by atoms with van der Waals surface area (Å²) in [5.74, 6) is 0.0197. The molecule has 0 atom stereocenters. The van der Waals surface area contributed by atoms with Gasteiger partial charge in [-0.05, 0) is 38.3 Å². The van der Waals surface area contributed by atoms with Gasteiger partial charge in [-0.15, -0.1) is 0 Å². The van der Waals surface area contributed by atoms with Gasteiger partial charge in [-0.3, -0.25) is 14.5 Å². The summed E-state index contributed by atoms with van der Waals surface area (Å²) in [6, 6.07) is 0. The number of carbonyl (C=O) groups is 2. The number of nitrogens with zero attached hydrogens (tertiary/aromatic N) is 1. The summed E-state index contributed by atoms with van der Waals surface area (Å²) in [5, 5.41) is 3.28. The number of carbonyl (C=O) groups excluding carboxylic acids is 2. The first-order valence-electron chi connectivity index (χ1n) is 6.41. The predicted octanol–water partition coefficient (Wildman–Crippen LogP) is 1.30. The maximum atomic E-state index is 12.2. The Morgan fingerprint density at radius 3 is 1.94 bits per heavy atom. The van der Waals surface area contributed by atoms with Crippen LogP contribution in [-0.2, 0) is 9.59 Å². The summed E-state index contributed by atoms with van der Waals surface area (Å²) >= 11 is 0. The Bertz CT molecular complexity index is 323. The monoisotopic (exact) mass is 238 g/mol. The Morgan fingerprint density at radius 1 is 1.00 bits per heavy atom. The average molecular weight is 238 g/mol. The van der Waals surface area contributed by atoms with Crippen LogP contribution < -0.4 is 5.32 Å². The standard InChI is InChI=1S/C13H22N2O2/c1-12(2)8-10(16)15(11(17)9-12)13(3)4-6-14-7-5-13/h14H,4-9H2,1-3H3. The number of hydrogen-bond donors (Lipinski definition) is 1. The van der Waals surface area contributed by atoms with Gasteiger partial charge in [0.05, 0.1) is 5.54 Å². The van der Waals surface area contributed by atoms with Crippen LogP contribution in [0.5, 0.6) is 0 Å². The molecule has 17 heavy (non-hydrogen) atoms. The molecule has 0 unspecified atom stereocenters. The number of likely N-dealkylation sites (tertiary alicyclic amines) is 1. The lowest BCUT2D eigenvalue weighted by molar-refractivity contribution is -0.160. The topological polar surface area (TPSA) is 49.4 Å². The van der Waals surface area contributed by atoms with Crippen molar-refractivity contribution in [3.05, 3.63) is 0 Å². The van der Waals surface area contributed by atoms with Crippen LogP contribution in [0, 0.1) is 5.41 Å². The van der Waals surface area contributed by atoms with Crippen molar-refractivity contribution in [3.63, 3.8) is 0 Å². The van der Waals surface area contributed by atoms with Gasteiger partial charge in [0, 0.05) is 12.8 Å². The van der Waals surface area contributed by atoms with E-state index in [0.29, 0.717) is 12.8 Å². The van der Waals surface area contributed by atoms with E-state index in [9.17, 15) is 9.59 Å². The van der Waals surface area contributed by atoms with Gasteiger partial charge in [0.25, 0.3) is 0 Å². The van der Waals surface area contributed by atoms with E-state index in [-0.39, 0.29) is 22.8 Å². The van der Waals surface area contributed by atoms with Crippen LogP contribution in [0.25, 0.3) is 0 Å². The molecule has 0 saturated carbocycles. The highest BCUT2D eigenvalue weighted by Gasteiger charge is 2.46. The van der Waals surface area contributed by atoms with Crippen molar-refractivity contribution in [3.8, 4) is 0 Å². The van der Waals surface area contributed by atoms with Gasteiger partial charge in [-0.2, -0.15) is 0 Å². The fraction of sp³-hybridized carbons (Fsp3) is 0.846. The van der Waals surface area contributed by atoms with E-state index in [2.05, 4.69) is 5.32 Å². The first-order valence-corrected chi connectivity index (χ1v) is 6.41. The van der Waals surface area contributed by atoms with Crippen LogP contribution in [0.1, 0.15) is 46.5 Å². The number of nitrogens with one attached hydrogen (secondary N) is 1. The van der Waals surface area contributed by atoms with E-state index >= 15 is 0 Å². The molecule has 0 aromatic rings. The zero-order valence-corrected chi connectivity index (χ0v) is 11.0. The van der Waals surface area contributed by atoms with Gasteiger partial charge in [-0.25, -0.2) is 0 Å². The van der Waals surface area contributed by atoms with Crippen molar-refractivity contribution in [2.24, 2.45) is 5.41 Å². The van der Waals surface area contributed by atoms with E-state index in [0.717, 1.165) is 25.9 Å². The van der Waals surface area contributed by atoms with Crippen LogP contribution in [-0.4, -0.2) is 35.3 Å². The fourth-order valence-corrected chi connectivity index (χ4v) is 2.97. The van der Waals surface area contributed by atoms with Crippen LogP contribution >= 0.6 is 0 Å². The molecule has 0 bridgehead atoms. The zero-order valence-electron chi connectivity index (χ0n) is 11.0. The highest BCUT2D eigenvalue weighted by Crippen LogP contribution is 2.37. The molecule has 96 valence electrons. The lowest BCUT2D eigenvalue weighted by atomic mass is 9.78. The second kappa shape index (κ2) is 4.09. The quantitative estimate of drug-likeness (QED) is 0.701. The Balaban J connectivity index is 2.20. The zero-order chi connectivity index (χ0) is 12.7. The van der Waals surface area contributed by atoms with Crippen molar-refractivity contribution in [2.75, 3.05) is 13.1 Å². The fourth-order valence-electron chi connectivity index (χ4n) is 2.97. The predicted molar refractivity (Wildman–Crippen MR) is 65.4 cm³/mol. The van der Waals surface area contributed by atoms with Crippen molar-refractivity contribution in [1.82, 2.24) is 10.2 Å². The minimum Gasteiger partial charge on any atom is -0.317 e. The van der Waals surface area contributed by atoms with E-state index in [1.54, 1.807) is 4.90 Å². The molecule has 2 rings (SSSR count). The maximum absolute atomic E-state index is 12.2. The van der Waals surface area contributed by atoms with Crippen molar-refractivity contribution < 1.29 is 9.59 Å². The summed E-state index contributed by atoms with van der Waals surface area (Å²) in [5.41, 5.74) is -0.441. The molecular weight excluding hydrogens is 216 g/mol. The van der Waals surface area contributed by atoms with E-state index in [1.165, 1.54) is 0 Å². The Labute approximate surface area is 103 Å². The number of piperidine rings is 2. The number of imide groups is 1. The molecule has 2 aliphatic rings. The number of rotatable bonds is 1. The second-order valence-corrected chi connectivity index (χ2v) is 6.39. The molecule has 4 nitrogen and oxygen atoms in total. The average Bonchev–Trinajstić information content (AvgIpc) is 2.14. The Morgan fingerprint density at radius 2 is 1.47 bits per heavy atom. The van der Waals surface area contributed by atoms with Gasteiger partial charge >= 0.3 is 0 Å². The lowest BCUT2D eigenvalue weighted by Gasteiger charge is -2.47. The molecule has 0 aliphatic carbocycles. The first kappa shape index (κ1) is 12.6. The third-order valence-electron chi connectivity index (χ3n) is 3.98. The minimum absolute atomic E-state index is 0.00986. The molecule has 4 heteroatoms. The van der Waals surface area contributed by atoms with Gasteiger partial charge < -0.3 is 5.32 Å². The molecule has 0 aromatic heterocycles. The normalized spacial score (nSPS) is 28.3. The molecule has 0 radical (unpaired) electrons. The van der Waals surface area contributed by atoms with Gasteiger partial charge in [0.15, 0.2) is 0 Å². The second-order valence-electron chi connectivity index (χ2n) is 6.39. The summed E-state index contributed by atoms with van der Waals surface area (Å²) in [4.78, 5) is 26.0. The summed E-state index contributed by atoms with van der Waals surface area (Å²) in [6.07, 6.45) is 2.71. The van der Waals surface area contributed by atoms with Crippen LogP contribution in [0.3, 0.4) is 0 Å².